The van der Waals surface area contributed by atoms with Gasteiger partial charge >= 0.3 is 7.82 Å². The Labute approximate surface area is 112 Å². The fraction of sp³-hybridized carbons (Fsp3) is 0.143. The van der Waals surface area contributed by atoms with Gasteiger partial charge in [0.05, 0.1) is 0 Å². The van der Waals surface area contributed by atoms with Crippen LogP contribution in [0.4, 0.5) is 0 Å². The number of phosphoric ester groups is 1. The molecule has 0 radical (unpaired) electrons. The first kappa shape index (κ1) is 13.7. The van der Waals surface area contributed by atoms with Crippen LogP contribution in [-0.2, 0) is 4.57 Å². The molecule has 0 aromatic heterocycles. The summed E-state index contributed by atoms with van der Waals surface area (Å²) in [6.07, 6.45) is 0. The van der Waals surface area contributed by atoms with Crippen molar-refractivity contribution in [3.05, 3.63) is 59.7 Å². The highest BCUT2D eigenvalue weighted by Gasteiger charge is 2.13. The van der Waals surface area contributed by atoms with Crippen molar-refractivity contribution in [1.82, 2.24) is 0 Å². The molecule has 0 spiro atoms. The molecule has 100 valence electrons. The Bertz CT molecular complexity index is 573. The summed E-state index contributed by atoms with van der Waals surface area (Å²) in [6, 6.07) is 13.5. The van der Waals surface area contributed by atoms with Gasteiger partial charge in [0.15, 0.2) is 0 Å². The Morgan fingerprint density at radius 3 is 1.68 bits per heavy atom. The van der Waals surface area contributed by atoms with Crippen LogP contribution in [0.1, 0.15) is 11.1 Å². The van der Waals surface area contributed by atoms with Crippen molar-refractivity contribution in [1.29, 1.82) is 0 Å². The Hall–Kier alpha value is -1.77. The second-order valence-electron chi connectivity index (χ2n) is 4.26. The van der Waals surface area contributed by atoms with Gasteiger partial charge in [-0.05, 0) is 49.2 Å². The highest BCUT2D eigenvalue weighted by Crippen LogP contribution is 2.40. The fourth-order valence-electron chi connectivity index (χ4n) is 1.62. The van der Waals surface area contributed by atoms with Gasteiger partial charge < -0.3 is 13.9 Å². The molecule has 4 nitrogen and oxygen atoms in total. The summed E-state index contributed by atoms with van der Waals surface area (Å²) >= 11 is 0. The van der Waals surface area contributed by atoms with Gasteiger partial charge in [0.1, 0.15) is 11.5 Å². The summed E-state index contributed by atoms with van der Waals surface area (Å²) in [5.41, 5.74) is 1.82. The van der Waals surface area contributed by atoms with Crippen LogP contribution < -0.4 is 13.9 Å². The highest BCUT2D eigenvalue weighted by molar-refractivity contribution is 7.46. The van der Waals surface area contributed by atoms with Crippen LogP contribution in [0, 0.1) is 13.8 Å². The average molecular weight is 277 g/mol. The van der Waals surface area contributed by atoms with Crippen molar-refractivity contribution in [2.24, 2.45) is 0 Å². The highest BCUT2D eigenvalue weighted by atomic mass is 31.2. The van der Waals surface area contributed by atoms with Crippen LogP contribution in [0.5, 0.6) is 11.5 Å². The third-order valence-electron chi connectivity index (χ3n) is 2.41. The molecule has 0 amide bonds. The van der Waals surface area contributed by atoms with Gasteiger partial charge in [-0.3, -0.25) is 0 Å². The maximum absolute atomic E-state index is 11.8. The lowest BCUT2D eigenvalue weighted by Gasteiger charge is -2.24. The van der Waals surface area contributed by atoms with E-state index >= 15 is 0 Å². The van der Waals surface area contributed by atoms with E-state index < -0.39 is 7.82 Å². The Morgan fingerprint density at radius 2 is 1.32 bits per heavy atom. The smallest absolute Gasteiger partial charge is 0.372 e. The number of phosphoric acid groups is 1. The molecular formula is C14H14O4P-. The van der Waals surface area contributed by atoms with E-state index in [1.165, 1.54) is 0 Å². The van der Waals surface area contributed by atoms with Gasteiger partial charge in [-0.25, -0.2) is 4.57 Å². The van der Waals surface area contributed by atoms with Gasteiger partial charge in [0.25, 0.3) is 0 Å². The molecule has 0 saturated carbocycles. The van der Waals surface area contributed by atoms with Gasteiger partial charge in [-0.1, -0.05) is 24.3 Å². The zero-order chi connectivity index (χ0) is 13.9. The van der Waals surface area contributed by atoms with Gasteiger partial charge in [-0.2, -0.15) is 0 Å². The Kier molecular flexibility index (Phi) is 3.93. The van der Waals surface area contributed by atoms with E-state index in [1.807, 2.05) is 26.0 Å². The maximum atomic E-state index is 11.8. The van der Waals surface area contributed by atoms with E-state index in [-0.39, 0.29) is 11.5 Å². The molecular weight excluding hydrogens is 263 g/mol. The summed E-state index contributed by atoms with van der Waals surface area (Å²) in [7, 11) is -4.43. The molecule has 0 saturated heterocycles. The van der Waals surface area contributed by atoms with Crippen LogP contribution in [0.3, 0.4) is 0 Å². The van der Waals surface area contributed by atoms with E-state index in [9.17, 15) is 9.46 Å². The lowest BCUT2D eigenvalue weighted by Crippen LogP contribution is -2.13. The van der Waals surface area contributed by atoms with Gasteiger partial charge in [0.2, 0.25) is 0 Å². The van der Waals surface area contributed by atoms with E-state index in [2.05, 4.69) is 0 Å². The maximum Gasteiger partial charge on any atom is 0.372 e. The molecule has 0 atom stereocenters. The summed E-state index contributed by atoms with van der Waals surface area (Å²) < 4.78 is 21.6. The number of hydrogen-bond acceptors (Lipinski definition) is 4. The van der Waals surface area contributed by atoms with E-state index in [4.69, 9.17) is 9.05 Å². The summed E-state index contributed by atoms with van der Waals surface area (Å²) in [5, 5.41) is 0. The molecule has 0 N–H and O–H groups in total. The number of rotatable bonds is 4. The topological polar surface area (TPSA) is 58.6 Å². The number of hydrogen-bond donors (Lipinski definition) is 0. The zero-order valence-corrected chi connectivity index (χ0v) is 11.6. The average Bonchev–Trinajstić information content (AvgIpc) is 2.27. The van der Waals surface area contributed by atoms with Crippen molar-refractivity contribution < 1.29 is 18.5 Å². The first-order valence-corrected chi connectivity index (χ1v) is 7.24. The molecule has 19 heavy (non-hydrogen) atoms. The largest absolute Gasteiger partial charge is 0.736 e. The molecule has 0 unspecified atom stereocenters. The molecule has 0 aliphatic carbocycles. The van der Waals surface area contributed by atoms with E-state index in [0.717, 1.165) is 11.1 Å². The molecule has 0 fully saturated rings. The molecule has 0 bridgehead atoms. The molecule has 0 heterocycles. The molecule has 0 aliphatic heterocycles. The molecule has 2 rings (SSSR count). The quantitative estimate of drug-likeness (QED) is 0.805. The van der Waals surface area contributed by atoms with Crippen LogP contribution in [0.2, 0.25) is 0 Å². The lowest BCUT2D eigenvalue weighted by atomic mass is 10.2. The second-order valence-corrected chi connectivity index (χ2v) is 5.52. The van der Waals surface area contributed by atoms with Crippen LogP contribution in [0.15, 0.2) is 48.5 Å². The van der Waals surface area contributed by atoms with Crippen molar-refractivity contribution in [2.45, 2.75) is 13.8 Å². The monoisotopic (exact) mass is 277 g/mol. The molecule has 5 heteroatoms. The Balaban J connectivity index is 2.12. The Morgan fingerprint density at radius 1 is 0.895 bits per heavy atom. The van der Waals surface area contributed by atoms with E-state index in [1.54, 1.807) is 36.4 Å². The first-order valence-electron chi connectivity index (χ1n) is 5.78. The third-order valence-corrected chi connectivity index (χ3v) is 3.28. The van der Waals surface area contributed by atoms with E-state index in [0.29, 0.717) is 0 Å². The standard InChI is InChI=1S/C14H15O4P/c1-11-5-3-7-13(9-11)17-19(15,16)18-14-8-4-6-12(2)10-14/h3-10H,1-2H3,(H,15,16)/p-1. The SMILES string of the molecule is Cc1cccc(OP(=O)([O-])Oc2cccc(C)c2)c1. The summed E-state index contributed by atoms with van der Waals surface area (Å²) in [6.45, 7) is 3.70. The predicted octanol–water partition coefficient (Wildman–Crippen LogP) is 3.23. The fourth-order valence-corrected chi connectivity index (χ4v) is 2.40. The minimum Gasteiger partial charge on any atom is -0.736 e. The summed E-state index contributed by atoms with van der Waals surface area (Å²) in [4.78, 5) is 11.8. The minimum absolute atomic E-state index is 0.242. The van der Waals surface area contributed by atoms with Crippen molar-refractivity contribution in [3.63, 3.8) is 0 Å². The predicted molar refractivity (Wildman–Crippen MR) is 71.2 cm³/mol. The summed E-state index contributed by atoms with van der Waals surface area (Å²) in [5.74, 6) is 0.483. The number of benzene rings is 2. The normalized spacial score (nSPS) is 11.1. The van der Waals surface area contributed by atoms with Gasteiger partial charge in [-0.15, -0.1) is 0 Å². The van der Waals surface area contributed by atoms with Crippen molar-refractivity contribution in [2.75, 3.05) is 0 Å². The van der Waals surface area contributed by atoms with Crippen molar-refractivity contribution >= 4 is 7.82 Å². The van der Waals surface area contributed by atoms with Crippen LogP contribution >= 0.6 is 7.82 Å². The number of aryl methyl sites for hydroxylation is 2. The van der Waals surface area contributed by atoms with Crippen LogP contribution in [0.25, 0.3) is 0 Å². The van der Waals surface area contributed by atoms with Crippen LogP contribution in [-0.4, -0.2) is 0 Å². The second kappa shape index (κ2) is 5.47. The third kappa shape index (κ3) is 4.12. The molecule has 0 aliphatic rings. The lowest BCUT2D eigenvalue weighted by molar-refractivity contribution is -0.208. The van der Waals surface area contributed by atoms with Gasteiger partial charge in [0, 0.05) is 0 Å². The molecule has 2 aromatic carbocycles. The molecule has 2 aromatic rings. The first-order chi connectivity index (χ1) is 8.94. The zero-order valence-electron chi connectivity index (χ0n) is 10.7. The minimum atomic E-state index is -4.43. The van der Waals surface area contributed by atoms with Crippen molar-refractivity contribution in [3.8, 4) is 11.5 Å².